The van der Waals surface area contributed by atoms with E-state index in [4.69, 9.17) is 0 Å². The van der Waals surface area contributed by atoms with Crippen molar-refractivity contribution in [3.63, 3.8) is 0 Å². The average molecular weight is 341 g/mol. The molecule has 6 heteroatoms. The highest BCUT2D eigenvalue weighted by molar-refractivity contribution is 5.93. The van der Waals surface area contributed by atoms with Crippen LogP contribution in [0.5, 0.6) is 0 Å². The predicted molar refractivity (Wildman–Crippen MR) is 97.4 cm³/mol. The average Bonchev–Trinajstić information content (AvgIpc) is 3.12. The van der Waals surface area contributed by atoms with Crippen molar-refractivity contribution in [2.75, 3.05) is 26.2 Å². The lowest BCUT2D eigenvalue weighted by atomic mass is 10.1. The van der Waals surface area contributed by atoms with Crippen molar-refractivity contribution in [3.05, 3.63) is 48.0 Å². The quantitative estimate of drug-likeness (QED) is 0.861. The zero-order valence-corrected chi connectivity index (χ0v) is 15.5. The van der Waals surface area contributed by atoms with Gasteiger partial charge in [-0.05, 0) is 39.3 Å². The highest BCUT2D eigenvalue weighted by Gasteiger charge is 2.26. The third kappa shape index (κ3) is 3.90. The van der Waals surface area contributed by atoms with E-state index in [0.717, 1.165) is 26.2 Å². The number of piperazine rings is 1. The molecule has 1 fully saturated rings. The summed E-state index contributed by atoms with van der Waals surface area (Å²) in [5.41, 5.74) is 1.77. The fourth-order valence-corrected chi connectivity index (χ4v) is 3.13. The van der Waals surface area contributed by atoms with Gasteiger partial charge in [-0.3, -0.25) is 19.4 Å². The van der Waals surface area contributed by atoms with Gasteiger partial charge in [0.2, 0.25) is 0 Å². The Hall–Kier alpha value is -2.21. The molecule has 0 aliphatic carbocycles. The molecule has 0 bridgehead atoms. The Morgan fingerprint density at radius 1 is 1.16 bits per heavy atom. The van der Waals surface area contributed by atoms with Crippen LogP contribution in [0.15, 0.2) is 36.9 Å². The first-order chi connectivity index (χ1) is 11.9. The topological polar surface area (TPSA) is 54.3 Å². The van der Waals surface area contributed by atoms with Crippen molar-refractivity contribution in [1.82, 2.24) is 24.6 Å². The van der Waals surface area contributed by atoms with E-state index >= 15 is 0 Å². The summed E-state index contributed by atoms with van der Waals surface area (Å²) >= 11 is 0. The van der Waals surface area contributed by atoms with Crippen molar-refractivity contribution in [1.29, 1.82) is 0 Å². The molecule has 3 rings (SSSR count). The lowest BCUT2D eigenvalue weighted by Crippen LogP contribution is -2.49. The summed E-state index contributed by atoms with van der Waals surface area (Å²) in [5.74, 6) is 0.0733. The van der Waals surface area contributed by atoms with Gasteiger partial charge in [0.1, 0.15) is 0 Å². The van der Waals surface area contributed by atoms with Gasteiger partial charge in [0.25, 0.3) is 5.91 Å². The van der Waals surface area contributed by atoms with Gasteiger partial charge >= 0.3 is 0 Å². The minimum atomic E-state index is -0.115. The molecule has 0 saturated carbocycles. The van der Waals surface area contributed by atoms with E-state index < -0.39 is 0 Å². The van der Waals surface area contributed by atoms with E-state index in [1.807, 2.05) is 28.0 Å². The summed E-state index contributed by atoms with van der Waals surface area (Å²) in [4.78, 5) is 21.3. The minimum absolute atomic E-state index is 0.0733. The number of nitrogens with zero attached hydrogens (tertiary/aromatic N) is 5. The minimum Gasteiger partial charge on any atom is -0.336 e. The molecule has 0 N–H and O–H groups in total. The van der Waals surface area contributed by atoms with E-state index in [1.165, 1.54) is 5.56 Å². The van der Waals surface area contributed by atoms with Crippen LogP contribution < -0.4 is 0 Å². The largest absolute Gasteiger partial charge is 0.336 e. The monoisotopic (exact) mass is 341 g/mol. The fraction of sp³-hybridized carbons (Fsp3) is 0.526. The number of rotatable bonds is 3. The first-order valence-electron chi connectivity index (χ1n) is 8.84. The van der Waals surface area contributed by atoms with Gasteiger partial charge in [0.05, 0.1) is 17.3 Å². The number of hydrogen-bond donors (Lipinski definition) is 0. The van der Waals surface area contributed by atoms with Crippen LogP contribution in [0, 0.1) is 0 Å². The zero-order valence-electron chi connectivity index (χ0n) is 15.5. The van der Waals surface area contributed by atoms with Gasteiger partial charge < -0.3 is 4.90 Å². The third-order valence-electron chi connectivity index (χ3n) is 4.83. The standard InChI is InChI=1S/C19H27N5O/c1-15(16-6-5-7-20-12-16)22-8-10-23(11-9-22)18(25)17-13-21-24(14-17)19(2,3)4/h5-7,12-15H,8-11H2,1-4H3. The third-order valence-corrected chi connectivity index (χ3v) is 4.83. The Morgan fingerprint density at radius 2 is 1.88 bits per heavy atom. The summed E-state index contributed by atoms with van der Waals surface area (Å²) in [6.45, 7) is 11.6. The van der Waals surface area contributed by atoms with Crippen molar-refractivity contribution in [2.24, 2.45) is 0 Å². The molecule has 1 atom stereocenters. The molecule has 1 amide bonds. The van der Waals surface area contributed by atoms with E-state index in [0.29, 0.717) is 11.6 Å². The smallest absolute Gasteiger partial charge is 0.257 e. The molecule has 0 radical (unpaired) electrons. The van der Waals surface area contributed by atoms with Crippen LogP contribution in [0.1, 0.15) is 49.7 Å². The van der Waals surface area contributed by atoms with E-state index in [1.54, 1.807) is 12.4 Å². The Kier molecular flexibility index (Phi) is 4.90. The van der Waals surface area contributed by atoms with E-state index in [2.05, 4.69) is 48.7 Å². The molecule has 25 heavy (non-hydrogen) atoms. The van der Waals surface area contributed by atoms with Gasteiger partial charge in [-0.2, -0.15) is 5.10 Å². The Morgan fingerprint density at radius 3 is 2.44 bits per heavy atom. The molecule has 1 saturated heterocycles. The van der Waals surface area contributed by atoms with E-state index in [-0.39, 0.29) is 11.4 Å². The normalized spacial score (nSPS) is 17.5. The number of hydrogen-bond acceptors (Lipinski definition) is 4. The summed E-state index contributed by atoms with van der Waals surface area (Å²) in [6.07, 6.45) is 7.25. The molecule has 134 valence electrons. The van der Waals surface area contributed by atoms with Crippen LogP contribution in [0.25, 0.3) is 0 Å². The van der Waals surface area contributed by atoms with Gasteiger partial charge in [-0.15, -0.1) is 0 Å². The first-order valence-corrected chi connectivity index (χ1v) is 8.84. The second-order valence-electron chi connectivity index (χ2n) is 7.63. The molecule has 1 aliphatic heterocycles. The molecule has 2 aromatic heterocycles. The van der Waals surface area contributed by atoms with Crippen molar-refractivity contribution < 1.29 is 4.79 Å². The molecule has 1 unspecified atom stereocenters. The maximum atomic E-state index is 12.7. The number of carbonyl (C=O) groups is 1. The molecule has 0 aromatic carbocycles. The van der Waals surface area contributed by atoms with Gasteiger partial charge in [0, 0.05) is 50.8 Å². The molecule has 0 spiro atoms. The van der Waals surface area contributed by atoms with E-state index in [9.17, 15) is 4.79 Å². The molecule has 1 aliphatic rings. The van der Waals surface area contributed by atoms with Crippen LogP contribution in [0.3, 0.4) is 0 Å². The Labute approximate surface area is 149 Å². The SMILES string of the molecule is CC(c1cccnc1)N1CCN(C(=O)c2cnn(C(C)(C)C)c2)CC1. The molecular weight excluding hydrogens is 314 g/mol. The number of amides is 1. The van der Waals surface area contributed by atoms with Gasteiger partial charge in [0.15, 0.2) is 0 Å². The Balaban J connectivity index is 1.60. The number of aromatic nitrogens is 3. The lowest BCUT2D eigenvalue weighted by molar-refractivity contribution is 0.0581. The maximum absolute atomic E-state index is 12.7. The number of pyridine rings is 1. The highest BCUT2D eigenvalue weighted by atomic mass is 16.2. The van der Waals surface area contributed by atoms with Crippen molar-refractivity contribution >= 4 is 5.91 Å². The fourth-order valence-electron chi connectivity index (χ4n) is 3.13. The lowest BCUT2D eigenvalue weighted by Gasteiger charge is -2.38. The molecule has 2 aromatic rings. The summed E-state index contributed by atoms with van der Waals surface area (Å²) in [7, 11) is 0. The van der Waals surface area contributed by atoms with Gasteiger partial charge in [-0.1, -0.05) is 6.07 Å². The van der Waals surface area contributed by atoms with Crippen LogP contribution >= 0.6 is 0 Å². The summed E-state index contributed by atoms with van der Waals surface area (Å²) < 4.78 is 1.85. The van der Waals surface area contributed by atoms with Crippen LogP contribution in [-0.2, 0) is 5.54 Å². The van der Waals surface area contributed by atoms with Crippen LogP contribution in [-0.4, -0.2) is 56.7 Å². The predicted octanol–water partition coefficient (Wildman–Crippen LogP) is 2.55. The van der Waals surface area contributed by atoms with Gasteiger partial charge in [-0.25, -0.2) is 0 Å². The zero-order chi connectivity index (χ0) is 18.0. The van der Waals surface area contributed by atoms with Crippen molar-refractivity contribution in [2.45, 2.75) is 39.3 Å². The second kappa shape index (κ2) is 6.96. The summed E-state index contributed by atoms with van der Waals surface area (Å²) in [6, 6.07) is 4.39. The second-order valence-corrected chi connectivity index (χ2v) is 7.63. The van der Waals surface area contributed by atoms with Crippen LogP contribution in [0.4, 0.5) is 0 Å². The number of carbonyl (C=O) groups excluding carboxylic acids is 1. The van der Waals surface area contributed by atoms with Crippen LogP contribution in [0.2, 0.25) is 0 Å². The Bertz CT molecular complexity index is 711. The molecule has 6 nitrogen and oxygen atoms in total. The first kappa shape index (κ1) is 17.6. The van der Waals surface area contributed by atoms with Crippen molar-refractivity contribution in [3.8, 4) is 0 Å². The molecular formula is C19H27N5O. The molecule has 3 heterocycles. The highest BCUT2D eigenvalue weighted by Crippen LogP contribution is 2.21. The summed E-state index contributed by atoms with van der Waals surface area (Å²) in [5, 5.41) is 4.34. The maximum Gasteiger partial charge on any atom is 0.257 e.